The molecule has 0 fully saturated rings. The first kappa shape index (κ1) is 25.1. The molecule has 32 heavy (non-hydrogen) atoms. The van der Waals surface area contributed by atoms with Crippen LogP contribution in [0, 0.1) is 6.92 Å². The molecule has 0 aliphatic carbocycles. The molecule has 0 unspecified atom stereocenters. The van der Waals surface area contributed by atoms with Gasteiger partial charge in [0.2, 0.25) is 0 Å². The monoisotopic (exact) mass is 462 g/mol. The van der Waals surface area contributed by atoms with Crippen molar-refractivity contribution in [2.75, 3.05) is 20.3 Å². The second-order valence-electron chi connectivity index (χ2n) is 7.44. The Hall–Kier alpha value is -3.19. The second kappa shape index (κ2) is 11.4. The molecule has 172 valence electrons. The van der Waals surface area contributed by atoms with Crippen molar-refractivity contribution in [2.45, 2.75) is 32.8 Å². The number of esters is 1. The van der Waals surface area contributed by atoms with Crippen molar-refractivity contribution in [2.24, 2.45) is 0 Å². The zero-order valence-electron chi connectivity index (χ0n) is 18.5. The highest BCUT2D eigenvalue weighted by molar-refractivity contribution is 6.31. The van der Waals surface area contributed by atoms with Gasteiger partial charge in [-0.2, -0.15) is 0 Å². The standard InChI is InChI=1S/C24H27ClO7/c1-16-14-18(8-9-19(16)25)32-24(2,3)23(28)31-13-5-12-30-20-10-6-17(7-11-22(26)27)15-21(20)29-4/h6-11,14-15H,5,12-13H2,1-4H3,(H,26,27)/b11-7+. The molecule has 8 heteroatoms. The zero-order valence-corrected chi connectivity index (χ0v) is 19.3. The smallest absolute Gasteiger partial charge is 0.349 e. The Morgan fingerprint density at radius 2 is 1.84 bits per heavy atom. The van der Waals surface area contributed by atoms with Crippen LogP contribution in [-0.4, -0.2) is 43.0 Å². The van der Waals surface area contributed by atoms with Gasteiger partial charge in [0.15, 0.2) is 17.1 Å². The molecule has 1 N–H and O–H groups in total. The van der Waals surface area contributed by atoms with Crippen LogP contribution in [0.25, 0.3) is 6.08 Å². The minimum atomic E-state index is -1.16. The minimum Gasteiger partial charge on any atom is -0.493 e. The molecule has 0 spiro atoms. The van der Waals surface area contributed by atoms with Gasteiger partial charge in [-0.3, -0.25) is 0 Å². The average molecular weight is 463 g/mol. The van der Waals surface area contributed by atoms with Crippen molar-refractivity contribution in [1.29, 1.82) is 0 Å². The third kappa shape index (κ3) is 7.50. The maximum Gasteiger partial charge on any atom is 0.349 e. The molecule has 2 aromatic rings. The van der Waals surface area contributed by atoms with E-state index in [1.165, 1.54) is 13.2 Å². The van der Waals surface area contributed by atoms with Crippen LogP contribution in [0.2, 0.25) is 5.02 Å². The summed E-state index contributed by atoms with van der Waals surface area (Å²) in [5.41, 5.74) is 0.361. The zero-order chi connectivity index (χ0) is 23.7. The number of hydrogen-bond donors (Lipinski definition) is 1. The quantitative estimate of drug-likeness (QED) is 0.288. The molecular formula is C24H27ClO7. The number of halogens is 1. The van der Waals surface area contributed by atoms with Crippen LogP contribution in [-0.2, 0) is 14.3 Å². The molecule has 0 saturated heterocycles. The van der Waals surface area contributed by atoms with Gasteiger partial charge in [-0.15, -0.1) is 0 Å². The molecule has 7 nitrogen and oxygen atoms in total. The molecule has 0 saturated carbocycles. The summed E-state index contributed by atoms with van der Waals surface area (Å²) in [4.78, 5) is 23.1. The minimum absolute atomic E-state index is 0.160. The highest BCUT2D eigenvalue weighted by Gasteiger charge is 2.32. The summed E-state index contributed by atoms with van der Waals surface area (Å²) in [6, 6.07) is 10.3. The van der Waals surface area contributed by atoms with Gasteiger partial charge in [0.25, 0.3) is 0 Å². The van der Waals surface area contributed by atoms with Gasteiger partial charge >= 0.3 is 11.9 Å². The third-order valence-corrected chi connectivity index (χ3v) is 4.80. The fraction of sp³-hybridized carbons (Fsp3) is 0.333. The van der Waals surface area contributed by atoms with E-state index in [4.69, 9.17) is 35.7 Å². The van der Waals surface area contributed by atoms with Gasteiger partial charge in [0, 0.05) is 17.5 Å². The van der Waals surface area contributed by atoms with E-state index in [1.54, 1.807) is 50.2 Å². The Balaban J connectivity index is 1.81. The number of methoxy groups -OCH3 is 1. The Morgan fingerprint density at radius 1 is 1.09 bits per heavy atom. The van der Waals surface area contributed by atoms with Crippen LogP contribution in [0.5, 0.6) is 17.2 Å². The number of benzene rings is 2. The number of carboxylic acid groups (broad SMARTS) is 1. The maximum atomic E-state index is 12.4. The summed E-state index contributed by atoms with van der Waals surface area (Å²) in [5.74, 6) is -0.00530. The number of hydrogen-bond acceptors (Lipinski definition) is 6. The van der Waals surface area contributed by atoms with Gasteiger partial charge in [0.05, 0.1) is 20.3 Å². The molecule has 0 heterocycles. The molecule has 2 rings (SSSR count). The maximum absolute atomic E-state index is 12.4. The van der Waals surface area contributed by atoms with E-state index in [-0.39, 0.29) is 6.61 Å². The lowest BCUT2D eigenvalue weighted by Gasteiger charge is -2.24. The Labute approximate surface area is 192 Å². The lowest BCUT2D eigenvalue weighted by atomic mass is 10.1. The number of rotatable bonds is 11. The molecule has 0 aromatic heterocycles. The topological polar surface area (TPSA) is 91.3 Å². The molecule has 2 aromatic carbocycles. The van der Waals surface area contributed by atoms with Crippen LogP contribution >= 0.6 is 11.6 Å². The van der Waals surface area contributed by atoms with E-state index in [1.807, 2.05) is 6.92 Å². The molecule has 0 aliphatic heterocycles. The van der Waals surface area contributed by atoms with Crippen LogP contribution < -0.4 is 14.2 Å². The highest BCUT2D eigenvalue weighted by atomic mass is 35.5. The molecule has 0 radical (unpaired) electrons. The third-order valence-electron chi connectivity index (χ3n) is 4.38. The van der Waals surface area contributed by atoms with E-state index in [9.17, 15) is 9.59 Å². The van der Waals surface area contributed by atoms with Crippen molar-refractivity contribution >= 4 is 29.6 Å². The van der Waals surface area contributed by atoms with Crippen molar-refractivity contribution in [3.8, 4) is 17.2 Å². The van der Waals surface area contributed by atoms with Crippen molar-refractivity contribution in [1.82, 2.24) is 0 Å². The van der Waals surface area contributed by atoms with Gasteiger partial charge < -0.3 is 24.1 Å². The van der Waals surface area contributed by atoms with Gasteiger partial charge in [0.1, 0.15) is 5.75 Å². The fourth-order valence-electron chi connectivity index (χ4n) is 2.67. The lowest BCUT2D eigenvalue weighted by Crippen LogP contribution is -2.40. The number of carbonyl (C=O) groups excluding carboxylic acids is 1. The summed E-state index contributed by atoms with van der Waals surface area (Å²) in [5, 5.41) is 9.34. The van der Waals surface area contributed by atoms with Gasteiger partial charge in [-0.1, -0.05) is 17.7 Å². The number of aryl methyl sites for hydroxylation is 1. The van der Waals surface area contributed by atoms with Crippen LogP contribution in [0.4, 0.5) is 0 Å². The van der Waals surface area contributed by atoms with E-state index >= 15 is 0 Å². The Morgan fingerprint density at radius 3 is 2.50 bits per heavy atom. The number of carbonyl (C=O) groups is 2. The first-order valence-electron chi connectivity index (χ1n) is 9.96. The van der Waals surface area contributed by atoms with E-state index < -0.39 is 17.5 Å². The predicted octanol–water partition coefficient (Wildman–Crippen LogP) is 4.92. The molecular weight excluding hydrogens is 436 g/mol. The van der Waals surface area contributed by atoms with Crippen molar-refractivity contribution in [3.05, 3.63) is 58.6 Å². The number of carboxylic acids is 1. The Kier molecular flexibility index (Phi) is 8.96. The van der Waals surface area contributed by atoms with Gasteiger partial charge in [-0.05, 0) is 68.3 Å². The predicted molar refractivity (Wildman–Crippen MR) is 122 cm³/mol. The van der Waals surface area contributed by atoms with E-state index in [2.05, 4.69) is 0 Å². The van der Waals surface area contributed by atoms with Gasteiger partial charge in [-0.25, -0.2) is 9.59 Å². The van der Waals surface area contributed by atoms with Crippen LogP contribution in [0.3, 0.4) is 0 Å². The average Bonchev–Trinajstić information content (AvgIpc) is 2.74. The molecule has 0 bridgehead atoms. The molecule has 0 amide bonds. The van der Waals surface area contributed by atoms with Crippen molar-refractivity contribution in [3.63, 3.8) is 0 Å². The number of aliphatic carboxylic acids is 1. The van der Waals surface area contributed by atoms with Crippen LogP contribution in [0.15, 0.2) is 42.5 Å². The molecule has 0 aliphatic rings. The first-order chi connectivity index (χ1) is 15.1. The Bertz CT molecular complexity index is 982. The summed E-state index contributed by atoms with van der Waals surface area (Å²) in [7, 11) is 1.50. The largest absolute Gasteiger partial charge is 0.493 e. The SMILES string of the molecule is COc1cc(/C=C/C(=O)O)ccc1OCCCOC(=O)C(C)(C)Oc1ccc(Cl)c(C)c1. The van der Waals surface area contributed by atoms with E-state index in [0.29, 0.717) is 40.9 Å². The van der Waals surface area contributed by atoms with E-state index in [0.717, 1.165) is 11.6 Å². The van der Waals surface area contributed by atoms with Crippen LogP contribution in [0.1, 0.15) is 31.4 Å². The second-order valence-corrected chi connectivity index (χ2v) is 7.85. The lowest BCUT2D eigenvalue weighted by molar-refractivity contribution is -0.159. The fourth-order valence-corrected chi connectivity index (χ4v) is 2.79. The summed E-state index contributed by atoms with van der Waals surface area (Å²) in [6.45, 7) is 5.59. The normalized spacial score (nSPS) is 11.3. The summed E-state index contributed by atoms with van der Waals surface area (Å²) >= 11 is 6.02. The first-order valence-corrected chi connectivity index (χ1v) is 10.3. The number of ether oxygens (including phenoxy) is 4. The molecule has 0 atom stereocenters. The van der Waals surface area contributed by atoms with Crippen molar-refractivity contribution < 1.29 is 33.6 Å². The summed E-state index contributed by atoms with van der Waals surface area (Å²) < 4.78 is 22.1. The summed E-state index contributed by atoms with van der Waals surface area (Å²) in [6.07, 6.45) is 2.97. The highest BCUT2D eigenvalue weighted by Crippen LogP contribution is 2.29.